The van der Waals surface area contributed by atoms with Crippen molar-refractivity contribution in [2.24, 2.45) is 11.8 Å². The number of amides is 3. The number of carbonyl (C=O) groups excluding carboxylic acids is 3. The number of aromatic hydroxyl groups is 1. The van der Waals surface area contributed by atoms with Gasteiger partial charge in [-0.1, -0.05) is 78.9 Å². The number of nitrogens with one attached hydrogen (secondary N) is 2. The van der Waals surface area contributed by atoms with Crippen LogP contribution in [0.15, 0.2) is 103 Å². The van der Waals surface area contributed by atoms with E-state index in [1.54, 1.807) is 17.0 Å². The Balaban J connectivity index is 0.000000214. The first kappa shape index (κ1) is 42.2. The first-order valence-corrected chi connectivity index (χ1v) is 20.1. The number of para-hydroxylation sites is 1. The lowest BCUT2D eigenvalue weighted by molar-refractivity contribution is 0.0288. The van der Waals surface area contributed by atoms with Crippen molar-refractivity contribution >= 4 is 35.0 Å². The number of benzene rings is 4. The monoisotopic (exact) mass is 802 g/mol. The number of carbonyl (C=O) groups is 3. The van der Waals surface area contributed by atoms with Gasteiger partial charge in [0.1, 0.15) is 30.4 Å². The molecule has 2 atom stereocenters. The predicted octanol–water partition coefficient (Wildman–Crippen LogP) is 8.23. The molecule has 7 rings (SSSR count). The highest BCUT2D eigenvalue weighted by Crippen LogP contribution is 2.34. The van der Waals surface area contributed by atoms with E-state index in [1.165, 1.54) is 0 Å². The largest absolute Gasteiger partial charge is 0.507 e. The molecule has 0 unspecified atom stereocenters. The van der Waals surface area contributed by atoms with Crippen LogP contribution in [0.3, 0.4) is 0 Å². The van der Waals surface area contributed by atoms with Gasteiger partial charge < -0.3 is 39.8 Å². The van der Waals surface area contributed by atoms with Crippen molar-refractivity contribution in [3.63, 3.8) is 0 Å². The lowest BCUT2D eigenvalue weighted by Gasteiger charge is -2.24. The summed E-state index contributed by atoms with van der Waals surface area (Å²) in [6.45, 7) is 12.0. The van der Waals surface area contributed by atoms with Crippen molar-refractivity contribution in [3.8, 4) is 17.1 Å². The number of anilines is 1. The van der Waals surface area contributed by atoms with Gasteiger partial charge in [-0.25, -0.2) is 24.4 Å². The van der Waals surface area contributed by atoms with Gasteiger partial charge in [0.25, 0.3) is 0 Å². The Bertz CT molecular complexity index is 2180. The van der Waals surface area contributed by atoms with Crippen molar-refractivity contribution in [1.82, 2.24) is 25.5 Å². The van der Waals surface area contributed by atoms with Gasteiger partial charge in [-0.3, -0.25) is 0 Å². The molecular weight excluding hydrogens is 749 g/mol. The predicted molar refractivity (Wildman–Crippen MR) is 227 cm³/mol. The Morgan fingerprint density at radius 3 is 1.93 bits per heavy atom. The number of aryl methyl sites for hydroxylation is 1. The number of nitrogens with zero attached hydrogens (tertiary/aromatic N) is 4. The van der Waals surface area contributed by atoms with Crippen LogP contribution in [0.2, 0.25) is 0 Å². The molecular formula is C46H54N6O7. The summed E-state index contributed by atoms with van der Waals surface area (Å²) in [7, 11) is 0. The molecule has 0 bridgehead atoms. The molecule has 310 valence electrons. The maximum atomic E-state index is 12.2. The molecule has 1 aromatic heterocycles. The van der Waals surface area contributed by atoms with Gasteiger partial charge in [-0.2, -0.15) is 0 Å². The third kappa shape index (κ3) is 12.6. The quantitative estimate of drug-likeness (QED) is 0.118. The Hall–Kier alpha value is -6.37. The number of likely N-dealkylation sites (tertiary alicyclic amines) is 1. The fourth-order valence-corrected chi connectivity index (χ4v) is 6.93. The number of alkyl carbamates (subject to hydrolysis) is 2. The number of phenolic OH excluding ortho intramolecular Hbond substituents is 1. The van der Waals surface area contributed by atoms with E-state index in [4.69, 9.17) is 24.2 Å². The minimum absolute atomic E-state index is 0.156. The molecule has 0 radical (unpaired) electrons. The first-order chi connectivity index (χ1) is 28.4. The SMILES string of the molecule is CC(C)(C)OC(=O)N1CC[C@H](CNC(=O)OCc2ccccc2)C1.Cc1ccc2c(N3CC[C@H](CNC(=O)OCc4ccccc4)C3)nc(-c3ccccc3O)nc2c1. The van der Waals surface area contributed by atoms with Crippen LogP contribution >= 0.6 is 0 Å². The summed E-state index contributed by atoms with van der Waals surface area (Å²) in [6.07, 6.45) is 0.642. The molecule has 5 aromatic rings. The Morgan fingerprint density at radius 2 is 1.32 bits per heavy atom. The molecule has 4 aromatic carbocycles. The zero-order valence-electron chi connectivity index (χ0n) is 34.2. The maximum Gasteiger partial charge on any atom is 0.410 e. The lowest BCUT2D eigenvalue weighted by Crippen LogP contribution is -2.36. The van der Waals surface area contributed by atoms with Gasteiger partial charge >= 0.3 is 18.3 Å². The summed E-state index contributed by atoms with van der Waals surface area (Å²) < 4.78 is 15.9. The van der Waals surface area contributed by atoms with Crippen molar-refractivity contribution < 1.29 is 33.7 Å². The molecule has 2 aliphatic rings. The first-order valence-electron chi connectivity index (χ1n) is 20.1. The molecule has 2 aliphatic heterocycles. The zero-order chi connectivity index (χ0) is 41.8. The molecule has 2 saturated heterocycles. The molecule has 3 N–H and O–H groups in total. The van der Waals surface area contributed by atoms with E-state index >= 15 is 0 Å². The van der Waals surface area contributed by atoms with Gasteiger partial charge in [0, 0.05) is 44.7 Å². The Morgan fingerprint density at radius 1 is 0.746 bits per heavy atom. The highest BCUT2D eigenvalue weighted by molar-refractivity contribution is 5.92. The van der Waals surface area contributed by atoms with E-state index in [0.717, 1.165) is 59.3 Å². The standard InChI is InChI=1S/C28H28N4O3.C18H26N2O4/c1-19-11-12-22-24(15-19)30-26(23-9-5-6-10-25(23)33)31-27(22)32-14-13-21(17-32)16-29-28(34)35-18-20-7-3-2-4-8-20;1-18(2,3)24-17(22)20-10-9-15(12-20)11-19-16(21)23-13-14-7-5-4-6-8-14/h2-12,15,21,33H,13-14,16-18H2,1H3,(H,29,34);4-8,15H,9-13H2,1-3H3,(H,19,21)/t21-;15-/m11/s1. The van der Waals surface area contributed by atoms with E-state index < -0.39 is 17.8 Å². The summed E-state index contributed by atoms with van der Waals surface area (Å²) >= 11 is 0. The molecule has 13 nitrogen and oxygen atoms in total. The van der Waals surface area contributed by atoms with Gasteiger partial charge in [-0.15, -0.1) is 0 Å². The minimum Gasteiger partial charge on any atom is -0.507 e. The van der Waals surface area contributed by atoms with Crippen molar-refractivity contribution in [1.29, 1.82) is 0 Å². The van der Waals surface area contributed by atoms with E-state index in [-0.39, 0.29) is 36.9 Å². The number of fused-ring (bicyclic) bond motifs is 1. The van der Waals surface area contributed by atoms with Gasteiger partial charge in [0.15, 0.2) is 5.82 Å². The fourth-order valence-electron chi connectivity index (χ4n) is 6.93. The minimum atomic E-state index is -0.491. The summed E-state index contributed by atoms with van der Waals surface area (Å²) in [5.74, 6) is 2.01. The normalized spacial score (nSPS) is 16.2. The fraction of sp³-hybridized carbons (Fsp3) is 0.370. The van der Waals surface area contributed by atoms with Crippen LogP contribution in [0.5, 0.6) is 5.75 Å². The van der Waals surface area contributed by atoms with E-state index in [2.05, 4.69) is 27.7 Å². The number of aromatic nitrogens is 2. The number of hydrogen-bond donors (Lipinski definition) is 3. The lowest BCUT2D eigenvalue weighted by atomic mass is 10.1. The number of rotatable bonds is 10. The van der Waals surface area contributed by atoms with E-state index in [0.29, 0.717) is 37.6 Å². The summed E-state index contributed by atoms with van der Waals surface area (Å²) in [6, 6.07) is 32.5. The second-order valence-corrected chi connectivity index (χ2v) is 16.0. The van der Waals surface area contributed by atoms with E-state index in [1.807, 2.05) is 107 Å². The molecule has 0 saturated carbocycles. The molecule has 3 amide bonds. The van der Waals surface area contributed by atoms with Crippen LogP contribution in [-0.4, -0.2) is 83.1 Å². The highest BCUT2D eigenvalue weighted by Gasteiger charge is 2.30. The third-order valence-corrected chi connectivity index (χ3v) is 10.00. The number of ether oxygens (including phenoxy) is 3. The molecule has 13 heteroatoms. The smallest absolute Gasteiger partial charge is 0.410 e. The molecule has 0 spiro atoms. The van der Waals surface area contributed by atoms with Gasteiger partial charge in [0.05, 0.1) is 11.1 Å². The molecule has 2 fully saturated rings. The molecule has 3 heterocycles. The van der Waals surface area contributed by atoms with Crippen LogP contribution in [0.1, 0.15) is 50.3 Å². The molecule has 59 heavy (non-hydrogen) atoms. The van der Waals surface area contributed by atoms with Crippen LogP contribution in [0, 0.1) is 18.8 Å². The van der Waals surface area contributed by atoms with E-state index in [9.17, 15) is 19.5 Å². The average Bonchev–Trinajstić information content (AvgIpc) is 3.91. The summed E-state index contributed by atoms with van der Waals surface area (Å²) in [5, 5.41) is 17.0. The topological polar surface area (TPSA) is 155 Å². The van der Waals surface area contributed by atoms with Gasteiger partial charge in [-0.05, 0) is 93.3 Å². The number of hydrogen-bond acceptors (Lipinski definition) is 10. The second-order valence-electron chi connectivity index (χ2n) is 16.0. The van der Waals surface area contributed by atoms with Gasteiger partial charge in [0.2, 0.25) is 0 Å². The van der Waals surface area contributed by atoms with Crippen molar-refractivity contribution in [3.05, 3.63) is 120 Å². The van der Waals surface area contributed by atoms with Crippen LogP contribution in [0.4, 0.5) is 20.2 Å². The summed E-state index contributed by atoms with van der Waals surface area (Å²) in [5.41, 5.74) is 3.98. The Labute approximate surface area is 345 Å². The van der Waals surface area contributed by atoms with Crippen molar-refractivity contribution in [2.45, 2.75) is 59.4 Å². The number of phenols is 1. The van der Waals surface area contributed by atoms with Crippen molar-refractivity contribution in [2.75, 3.05) is 44.2 Å². The molecule has 0 aliphatic carbocycles. The average molecular weight is 803 g/mol. The zero-order valence-corrected chi connectivity index (χ0v) is 34.2. The summed E-state index contributed by atoms with van der Waals surface area (Å²) in [4.78, 5) is 49.5. The maximum absolute atomic E-state index is 12.2. The van der Waals surface area contributed by atoms with Crippen LogP contribution < -0.4 is 15.5 Å². The highest BCUT2D eigenvalue weighted by atomic mass is 16.6. The Kier molecular flexibility index (Phi) is 14.2. The third-order valence-electron chi connectivity index (χ3n) is 10.00. The van der Waals surface area contributed by atoms with Crippen LogP contribution in [0.25, 0.3) is 22.3 Å². The second kappa shape index (κ2) is 19.9. The van der Waals surface area contributed by atoms with Crippen LogP contribution in [-0.2, 0) is 27.4 Å².